The first kappa shape index (κ1) is 20.1. The van der Waals surface area contributed by atoms with E-state index < -0.39 is 35.1 Å². The minimum Gasteiger partial charge on any atom is -0.405 e. The summed E-state index contributed by atoms with van der Waals surface area (Å²) in [5, 5.41) is 0. The molecule has 0 bridgehead atoms. The number of carbonyl (C=O) groups is 1. The molecule has 3 rings (SSSR count). The average molecular weight is 407 g/mol. The number of para-hydroxylation sites is 1. The van der Waals surface area contributed by atoms with E-state index in [1.54, 1.807) is 0 Å². The molecule has 0 saturated heterocycles. The number of benzene rings is 2. The van der Waals surface area contributed by atoms with Crippen molar-refractivity contribution in [3.05, 3.63) is 70.5 Å². The van der Waals surface area contributed by atoms with Crippen LogP contribution in [0.15, 0.2) is 53.5 Å². The van der Waals surface area contributed by atoms with E-state index in [0.717, 1.165) is 29.0 Å². The third-order valence-electron chi connectivity index (χ3n) is 3.97. The second-order valence-corrected chi connectivity index (χ2v) is 5.99. The first-order valence-corrected chi connectivity index (χ1v) is 8.09. The minimum atomic E-state index is -4.92. The molecule has 0 saturated carbocycles. The monoisotopic (exact) mass is 407 g/mol. The van der Waals surface area contributed by atoms with Crippen LogP contribution >= 0.6 is 0 Å². The molecule has 2 aromatic carbocycles. The highest BCUT2D eigenvalue weighted by Gasteiger charge is 2.32. The Labute approximate surface area is 161 Å². The van der Waals surface area contributed by atoms with E-state index in [1.165, 1.54) is 31.3 Å². The predicted octanol–water partition coefficient (Wildman–Crippen LogP) is 3.25. The fraction of sp³-hybridized carbons (Fsp3) is 0.105. The molecule has 0 atom stereocenters. The van der Waals surface area contributed by atoms with E-state index >= 15 is 0 Å². The van der Waals surface area contributed by atoms with Gasteiger partial charge in [0.1, 0.15) is 23.0 Å². The summed E-state index contributed by atoms with van der Waals surface area (Å²) in [6.07, 6.45) is -3.82. The molecule has 150 valence electrons. The van der Waals surface area contributed by atoms with Crippen LogP contribution in [-0.4, -0.2) is 21.8 Å². The fourth-order valence-corrected chi connectivity index (χ4v) is 2.69. The number of rotatable bonds is 4. The summed E-state index contributed by atoms with van der Waals surface area (Å²) in [7, 11) is 1.33. The zero-order valence-electron chi connectivity index (χ0n) is 14.8. The number of primary amides is 1. The van der Waals surface area contributed by atoms with Gasteiger partial charge in [-0.2, -0.15) is 0 Å². The van der Waals surface area contributed by atoms with Crippen LogP contribution in [0.1, 0.15) is 10.5 Å². The number of ether oxygens (including phenoxy) is 1. The molecule has 0 aliphatic carbocycles. The zero-order chi connectivity index (χ0) is 21.3. The number of hydrogen-bond donors (Lipinski definition) is 1. The van der Waals surface area contributed by atoms with Crippen LogP contribution in [0.3, 0.4) is 0 Å². The maximum absolute atomic E-state index is 14.5. The van der Waals surface area contributed by atoms with Crippen molar-refractivity contribution in [1.82, 2.24) is 9.55 Å². The topological polar surface area (TPSA) is 87.2 Å². The van der Waals surface area contributed by atoms with Crippen LogP contribution in [0, 0.1) is 5.82 Å². The Kier molecular flexibility index (Phi) is 5.10. The predicted molar refractivity (Wildman–Crippen MR) is 95.5 cm³/mol. The van der Waals surface area contributed by atoms with Crippen LogP contribution in [0.2, 0.25) is 0 Å². The summed E-state index contributed by atoms with van der Waals surface area (Å²) in [5.74, 6) is -2.28. The number of alkyl halides is 3. The summed E-state index contributed by atoms with van der Waals surface area (Å²) < 4.78 is 57.5. The van der Waals surface area contributed by atoms with Gasteiger partial charge in [-0.25, -0.2) is 9.37 Å². The van der Waals surface area contributed by atoms with Gasteiger partial charge in [-0.15, -0.1) is 13.2 Å². The first-order valence-electron chi connectivity index (χ1n) is 8.09. The largest absolute Gasteiger partial charge is 0.573 e. The molecule has 0 aliphatic heterocycles. The second kappa shape index (κ2) is 7.38. The normalized spacial score (nSPS) is 11.3. The van der Waals surface area contributed by atoms with Gasteiger partial charge in [0.05, 0.1) is 0 Å². The van der Waals surface area contributed by atoms with Gasteiger partial charge in [-0.05, 0) is 23.8 Å². The van der Waals surface area contributed by atoms with Gasteiger partial charge in [0.2, 0.25) is 0 Å². The highest BCUT2D eigenvalue weighted by molar-refractivity contribution is 5.91. The number of halogens is 4. The van der Waals surface area contributed by atoms with Gasteiger partial charge in [0.15, 0.2) is 0 Å². The number of amides is 1. The van der Waals surface area contributed by atoms with Crippen molar-refractivity contribution >= 4 is 5.91 Å². The molecule has 0 unspecified atom stereocenters. The standard InChI is InChI=1S/C19H13F4N3O3/c1-26-9-14(17(24)27)25-16(18(26)28)12-8-10(6-7-13(12)20)11-4-2-3-5-15(11)29-19(21,22)23/h2-9H,1H3,(H2,24,27). The molecule has 10 heteroatoms. The van der Waals surface area contributed by atoms with Crippen molar-refractivity contribution in [2.75, 3.05) is 0 Å². The molecule has 0 aliphatic rings. The summed E-state index contributed by atoms with van der Waals surface area (Å²) in [6.45, 7) is 0. The highest BCUT2D eigenvalue weighted by Crippen LogP contribution is 2.35. The van der Waals surface area contributed by atoms with E-state index in [-0.39, 0.29) is 22.4 Å². The lowest BCUT2D eigenvalue weighted by Gasteiger charge is -2.14. The Hall–Kier alpha value is -3.69. The molecule has 0 spiro atoms. The van der Waals surface area contributed by atoms with Crippen molar-refractivity contribution in [1.29, 1.82) is 0 Å². The fourth-order valence-electron chi connectivity index (χ4n) is 2.69. The minimum absolute atomic E-state index is 0.0222. The maximum atomic E-state index is 14.5. The maximum Gasteiger partial charge on any atom is 0.573 e. The van der Waals surface area contributed by atoms with Crippen molar-refractivity contribution in [2.24, 2.45) is 12.8 Å². The second-order valence-electron chi connectivity index (χ2n) is 5.99. The number of aryl methyl sites for hydroxylation is 1. The average Bonchev–Trinajstić information content (AvgIpc) is 2.63. The number of hydrogen-bond acceptors (Lipinski definition) is 4. The summed E-state index contributed by atoms with van der Waals surface area (Å²) >= 11 is 0. The molecule has 6 nitrogen and oxygen atoms in total. The quantitative estimate of drug-likeness (QED) is 0.673. The zero-order valence-corrected chi connectivity index (χ0v) is 14.8. The molecule has 0 radical (unpaired) electrons. The lowest BCUT2D eigenvalue weighted by molar-refractivity contribution is -0.274. The molecular weight excluding hydrogens is 394 g/mol. The Bertz CT molecular complexity index is 1160. The smallest absolute Gasteiger partial charge is 0.405 e. The molecule has 3 aromatic rings. The number of aromatic nitrogens is 2. The van der Waals surface area contributed by atoms with Crippen molar-refractivity contribution in [3.8, 4) is 28.1 Å². The molecule has 1 amide bonds. The van der Waals surface area contributed by atoms with Crippen LogP contribution in [0.4, 0.5) is 17.6 Å². The van der Waals surface area contributed by atoms with Gasteiger partial charge < -0.3 is 15.0 Å². The third-order valence-corrected chi connectivity index (χ3v) is 3.97. The van der Waals surface area contributed by atoms with Crippen molar-refractivity contribution in [2.45, 2.75) is 6.36 Å². The third kappa shape index (κ3) is 4.26. The van der Waals surface area contributed by atoms with Crippen LogP contribution < -0.4 is 16.0 Å². The van der Waals surface area contributed by atoms with Crippen LogP contribution in [0.25, 0.3) is 22.4 Å². The summed E-state index contributed by atoms with van der Waals surface area (Å²) in [5.41, 5.74) is 3.66. The number of nitrogens with zero attached hydrogens (tertiary/aromatic N) is 2. The van der Waals surface area contributed by atoms with Gasteiger partial charge >= 0.3 is 6.36 Å². The molecular formula is C19H13F4N3O3. The van der Waals surface area contributed by atoms with Crippen LogP contribution in [0.5, 0.6) is 5.75 Å². The lowest BCUT2D eigenvalue weighted by atomic mass is 10.0. The number of nitrogens with two attached hydrogens (primary N) is 1. The molecule has 29 heavy (non-hydrogen) atoms. The lowest BCUT2D eigenvalue weighted by Crippen LogP contribution is -2.25. The van der Waals surface area contributed by atoms with Gasteiger partial charge in [0.25, 0.3) is 11.5 Å². The molecule has 1 heterocycles. The van der Waals surface area contributed by atoms with Crippen molar-refractivity contribution < 1.29 is 27.1 Å². The Morgan fingerprint density at radius 1 is 1.14 bits per heavy atom. The molecule has 1 aromatic heterocycles. The van der Waals surface area contributed by atoms with Crippen LogP contribution in [-0.2, 0) is 7.05 Å². The van der Waals surface area contributed by atoms with E-state index in [9.17, 15) is 27.2 Å². The highest BCUT2D eigenvalue weighted by atomic mass is 19.4. The number of carbonyl (C=O) groups excluding carboxylic acids is 1. The van der Waals surface area contributed by atoms with Gasteiger partial charge in [-0.1, -0.05) is 24.3 Å². The molecule has 0 fully saturated rings. The van der Waals surface area contributed by atoms with E-state index in [1.807, 2.05) is 0 Å². The Balaban J connectivity index is 2.20. The molecule has 2 N–H and O–H groups in total. The van der Waals surface area contributed by atoms with Gasteiger partial charge in [-0.3, -0.25) is 9.59 Å². The summed E-state index contributed by atoms with van der Waals surface area (Å²) in [4.78, 5) is 27.7. The van der Waals surface area contributed by atoms with E-state index in [2.05, 4.69) is 9.72 Å². The SMILES string of the molecule is Cn1cc(C(N)=O)nc(-c2cc(-c3ccccc3OC(F)(F)F)ccc2F)c1=O. The van der Waals surface area contributed by atoms with E-state index in [0.29, 0.717) is 0 Å². The van der Waals surface area contributed by atoms with Gasteiger partial charge in [0, 0.05) is 24.4 Å². The Morgan fingerprint density at radius 3 is 2.48 bits per heavy atom. The Morgan fingerprint density at radius 2 is 1.83 bits per heavy atom. The van der Waals surface area contributed by atoms with Crippen molar-refractivity contribution in [3.63, 3.8) is 0 Å². The summed E-state index contributed by atoms with van der Waals surface area (Å²) in [6, 6.07) is 8.66. The van der Waals surface area contributed by atoms with E-state index in [4.69, 9.17) is 5.73 Å². The first-order chi connectivity index (χ1) is 13.6.